The molecule has 14 nitrogen and oxygen atoms in total. The van der Waals surface area contributed by atoms with Crippen molar-refractivity contribution in [3.63, 3.8) is 0 Å². The van der Waals surface area contributed by atoms with Crippen molar-refractivity contribution < 1.29 is 68.6 Å². The zero-order valence-corrected chi connectivity index (χ0v) is 19.0. The van der Waals surface area contributed by atoms with Crippen LogP contribution in [0.5, 0.6) is 0 Å². The molecule has 0 radical (unpaired) electrons. The topological polar surface area (TPSA) is 211 Å². The molecule has 0 saturated carbocycles. The molecular weight excluding hydrogens is 452 g/mol. The van der Waals surface area contributed by atoms with Crippen LogP contribution in [0.15, 0.2) is 0 Å². The molecule has 0 spiro atoms. The Labute approximate surface area is 193 Å². The van der Waals surface area contributed by atoms with E-state index >= 15 is 0 Å². The molecule has 0 fully saturated rings. The molecule has 0 aromatic carbocycles. The van der Waals surface area contributed by atoms with Gasteiger partial charge in [-0.25, -0.2) is 0 Å². The molecule has 0 aromatic rings. The molecule has 0 amide bonds. The summed E-state index contributed by atoms with van der Waals surface area (Å²) in [6, 6.07) is 0. The van der Waals surface area contributed by atoms with Crippen LogP contribution in [0.4, 0.5) is 0 Å². The van der Waals surface area contributed by atoms with Crippen molar-refractivity contribution in [3.05, 3.63) is 0 Å². The zero-order chi connectivity index (χ0) is 25.4. The Morgan fingerprint density at radius 2 is 0.576 bits per heavy atom. The molecule has 0 aliphatic carbocycles. The summed E-state index contributed by atoms with van der Waals surface area (Å²) in [5, 5.41) is 48.8. The third-order valence-electron chi connectivity index (χ3n) is 2.73. The number of hydrogen-bond acceptors (Lipinski definition) is 12. The monoisotopic (exact) mass is 492 g/mol. The summed E-state index contributed by atoms with van der Waals surface area (Å²) in [7, 11) is 0. The quantitative estimate of drug-likeness (QED) is 0.0686. The Balaban J connectivity index is -0.000000429. The summed E-state index contributed by atoms with van der Waals surface area (Å²) in [6.45, 7) is 5.53. The van der Waals surface area contributed by atoms with Crippen molar-refractivity contribution in [1.29, 1.82) is 0 Å². The molecule has 33 heavy (non-hydrogen) atoms. The van der Waals surface area contributed by atoms with Crippen LogP contribution in [-0.2, 0) is 38.0 Å². The van der Waals surface area contributed by atoms with Gasteiger partial charge in [-0.2, -0.15) is 0 Å². The van der Waals surface area contributed by atoms with Gasteiger partial charge in [0.25, 0.3) is 0 Å². The summed E-state index contributed by atoms with van der Waals surface area (Å²) in [6.07, 6.45) is -0.806. The molecule has 0 unspecified atom stereocenters. The maximum absolute atomic E-state index is 9.43. The summed E-state index contributed by atoms with van der Waals surface area (Å²) in [5.41, 5.74) is 0. The van der Waals surface area contributed by atoms with Crippen LogP contribution in [0.25, 0.3) is 0 Å². The van der Waals surface area contributed by atoms with E-state index in [4.69, 9.17) is 59.1 Å². The summed E-state index contributed by atoms with van der Waals surface area (Å²) in [4.78, 5) is 18.9. The maximum atomic E-state index is 9.43. The maximum Gasteiger partial charge on any atom is 0.314 e. The molecule has 0 heterocycles. The Hall–Kier alpha value is -1.46. The molecule has 0 atom stereocenters. The first kappa shape index (κ1) is 36.1. The first-order valence-electron chi connectivity index (χ1n) is 10.3. The Kier molecular flexibility index (Phi) is 38.5. The van der Waals surface area contributed by atoms with Crippen molar-refractivity contribution in [1.82, 2.24) is 0 Å². The predicted molar refractivity (Wildman–Crippen MR) is 113 cm³/mol. The van der Waals surface area contributed by atoms with E-state index in [1.54, 1.807) is 0 Å². The fourth-order valence-electron chi connectivity index (χ4n) is 1.47. The number of aliphatic carboxylic acids is 2. The van der Waals surface area contributed by atoms with E-state index < -0.39 is 18.4 Å². The average Bonchev–Trinajstić information content (AvgIpc) is 2.77. The highest BCUT2D eigenvalue weighted by molar-refractivity contribution is 5.88. The van der Waals surface area contributed by atoms with Crippen molar-refractivity contribution in [2.45, 2.75) is 6.42 Å². The van der Waals surface area contributed by atoms with Gasteiger partial charge in [-0.3, -0.25) is 9.59 Å². The second-order valence-electron chi connectivity index (χ2n) is 5.53. The van der Waals surface area contributed by atoms with E-state index in [-0.39, 0.29) is 26.4 Å². The average molecular weight is 493 g/mol. The smallest absolute Gasteiger partial charge is 0.314 e. The molecule has 0 bridgehead atoms. The molecule has 14 heteroatoms. The van der Waals surface area contributed by atoms with Crippen LogP contribution in [-0.4, -0.2) is 148 Å². The highest BCUT2D eigenvalue weighted by atomic mass is 16.6. The summed E-state index contributed by atoms with van der Waals surface area (Å²) >= 11 is 0. The van der Waals surface area contributed by atoms with Crippen molar-refractivity contribution in [2.75, 3.05) is 106 Å². The molecule has 200 valence electrons. The Morgan fingerprint density at radius 3 is 0.697 bits per heavy atom. The Morgan fingerprint density at radius 1 is 0.394 bits per heavy atom. The second kappa shape index (κ2) is 35.1. The van der Waals surface area contributed by atoms with Gasteiger partial charge in [0.05, 0.1) is 106 Å². The van der Waals surface area contributed by atoms with Gasteiger partial charge in [0.2, 0.25) is 0 Å². The van der Waals surface area contributed by atoms with E-state index in [1.807, 2.05) is 0 Å². The lowest BCUT2D eigenvalue weighted by Gasteiger charge is -2.04. The lowest BCUT2D eigenvalue weighted by molar-refractivity contribution is -0.147. The number of aliphatic hydroxyl groups excluding tert-OH is 4. The highest BCUT2D eigenvalue weighted by Crippen LogP contribution is 1.81. The second-order valence-corrected chi connectivity index (χ2v) is 5.53. The standard InChI is InChI=1S/2C8H18O5.C3H4O4/c2*9-1-3-11-5-7-13-8-6-12-4-2-10;4-2(5)1-3(6)7/h2*9-10H,1-8H2;1H2,(H,4,5)(H,6,7). The number of ether oxygens (including phenoxy) is 6. The molecule has 0 saturated heterocycles. The van der Waals surface area contributed by atoms with Gasteiger partial charge in [-0.1, -0.05) is 0 Å². The summed E-state index contributed by atoms with van der Waals surface area (Å²) < 4.78 is 30.0. The van der Waals surface area contributed by atoms with Gasteiger partial charge in [-0.05, 0) is 0 Å². The third-order valence-corrected chi connectivity index (χ3v) is 2.73. The SMILES string of the molecule is O=C(O)CC(=O)O.OCCOCCOCCOCCO.OCCOCCOCCOCCO. The predicted octanol–water partition coefficient (Wildman–Crippen LogP) is -2.41. The van der Waals surface area contributed by atoms with E-state index in [9.17, 15) is 9.59 Å². The highest BCUT2D eigenvalue weighted by Gasteiger charge is 2.01. The van der Waals surface area contributed by atoms with Gasteiger partial charge >= 0.3 is 11.9 Å². The number of carboxylic acid groups (broad SMARTS) is 2. The van der Waals surface area contributed by atoms with Gasteiger partial charge in [-0.15, -0.1) is 0 Å². The minimum atomic E-state index is -1.31. The molecular formula is C19H40O14. The third kappa shape index (κ3) is 49.0. The van der Waals surface area contributed by atoms with Gasteiger partial charge in [0.1, 0.15) is 6.42 Å². The van der Waals surface area contributed by atoms with Crippen LogP contribution in [0, 0.1) is 0 Å². The lowest BCUT2D eigenvalue weighted by atomic mass is 10.5. The van der Waals surface area contributed by atoms with Crippen LogP contribution in [0.1, 0.15) is 6.42 Å². The van der Waals surface area contributed by atoms with E-state index in [1.165, 1.54) is 0 Å². The van der Waals surface area contributed by atoms with Gasteiger partial charge in [0, 0.05) is 0 Å². The van der Waals surface area contributed by atoms with Crippen molar-refractivity contribution in [2.24, 2.45) is 0 Å². The summed E-state index contributed by atoms with van der Waals surface area (Å²) in [5.74, 6) is -2.62. The molecule has 0 aliphatic heterocycles. The fraction of sp³-hybridized carbons (Fsp3) is 0.895. The number of hydrogen-bond donors (Lipinski definition) is 6. The van der Waals surface area contributed by atoms with Crippen LogP contribution >= 0.6 is 0 Å². The van der Waals surface area contributed by atoms with E-state index in [2.05, 4.69) is 0 Å². The van der Waals surface area contributed by atoms with Crippen molar-refractivity contribution >= 4 is 11.9 Å². The van der Waals surface area contributed by atoms with Crippen LogP contribution in [0.2, 0.25) is 0 Å². The Bertz CT molecular complexity index is 330. The first-order chi connectivity index (χ1) is 16.0. The molecule has 0 aromatic heterocycles. The number of rotatable bonds is 22. The van der Waals surface area contributed by atoms with E-state index in [0.717, 1.165) is 0 Å². The largest absolute Gasteiger partial charge is 0.481 e. The first-order valence-corrected chi connectivity index (χ1v) is 10.3. The minimum Gasteiger partial charge on any atom is -0.481 e. The molecule has 0 rings (SSSR count). The van der Waals surface area contributed by atoms with Crippen molar-refractivity contribution in [3.8, 4) is 0 Å². The molecule has 6 N–H and O–H groups in total. The molecule has 0 aliphatic rings. The number of carboxylic acids is 2. The fourth-order valence-corrected chi connectivity index (χ4v) is 1.47. The van der Waals surface area contributed by atoms with Gasteiger partial charge < -0.3 is 59.1 Å². The lowest BCUT2D eigenvalue weighted by Crippen LogP contribution is -2.11. The minimum absolute atomic E-state index is 0.0413. The van der Waals surface area contributed by atoms with Crippen LogP contribution < -0.4 is 0 Å². The van der Waals surface area contributed by atoms with E-state index in [0.29, 0.717) is 79.3 Å². The van der Waals surface area contributed by atoms with Gasteiger partial charge in [0.15, 0.2) is 0 Å². The number of aliphatic hydroxyl groups is 4. The number of carbonyl (C=O) groups is 2. The zero-order valence-electron chi connectivity index (χ0n) is 19.0. The normalized spacial score (nSPS) is 10.1. The van der Waals surface area contributed by atoms with Crippen LogP contribution in [0.3, 0.4) is 0 Å².